The zero-order valence-electron chi connectivity index (χ0n) is 11.7. The van der Waals surface area contributed by atoms with E-state index in [0.717, 1.165) is 30.0 Å². The summed E-state index contributed by atoms with van der Waals surface area (Å²) in [4.78, 5) is 4.28. The highest BCUT2D eigenvalue weighted by Crippen LogP contribution is 2.18. The number of oxazole rings is 1. The summed E-state index contributed by atoms with van der Waals surface area (Å²) >= 11 is 0. The van der Waals surface area contributed by atoms with Crippen LogP contribution in [0, 0.1) is 6.92 Å². The Morgan fingerprint density at radius 3 is 2.53 bits per heavy atom. The summed E-state index contributed by atoms with van der Waals surface area (Å²) in [6.07, 6.45) is 1.79. The molecule has 0 fully saturated rings. The van der Waals surface area contributed by atoms with E-state index in [1.807, 2.05) is 33.0 Å². The van der Waals surface area contributed by atoms with Crippen molar-refractivity contribution in [3.8, 4) is 5.75 Å². The van der Waals surface area contributed by atoms with Crippen molar-refractivity contribution in [1.82, 2.24) is 4.98 Å². The molecule has 2 rings (SSSR count). The van der Waals surface area contributed by atoms with Crippen LogP contribution in [0.1, 0.15) is 23.9 Å². The smallest absolute Gasteiger partial charge is 0.294 e. The van der Waals surface area contributed by atoms with Crippen molar-refractivity contribution in [1.29, 1.82) is 0 Å². The second-order valence-electron chi connectivity index (χ2n) is 4.35. The molecular formula is C15H20N2O2. The maximum absolute atomic E-state index is 5.60. The number of benzene rings is 1. The molecule has 0 aliphatic heterocycles. The summed E-state index contributed by atoms with van der Waals surface area (Å²) < 4.78 is 11.0. The fourth-order valence-electron chi connectivity index (χ4n) is 1.94. The van der Waals surface area contributed by atoms with Gasteiger partial charge in [-0.05, 0) is 38.0 Å². The molecule has 0 saturated heterocycles. The minimum atomic E-state index is 0.583. The minimum Gasteiger partial charge on any atom is -0.494 e. The van der Waals surface area contributed by atoms with Crippen LogP contribution in [-0.2, 0) is 12.8 Å². The lowest BCUT2D eigenvalue weighted by Gasteiger charge is -2.04. The van der Waals surface area contributed by atoms with Gasteiger partial charge >= 0.3 is 0 Å². The van der Waals surface area contributed by atoms with Crippen LogP contribution in [-0.4, -0.2) is 18.6 Å². The van der Waals surface area contributed by atoms with E-state index in [-0.39, 0.29) is 0 Å². The standard InChI is InChI=1S/C15H20N2O2/c1-4-18-13-8-5-12(6-9-13)7-10-14-11(2)17-15(16-3)19-14/h5-6,8-9H,4,7,10H2,1-3H3,(H,16,17). The van der Waals surface area contributed by atoms with Gasteiger partial charge in [0, 0.05) is 13.5 Å². The van der Waals surface area contributed by atoms with E-state index in [9.17, 15) is 0 Å². The van der Waals surface area contributed by atoms with Gasteiger partial charge in [-0.15, -0.1) is 0 Å². The van der Waals surface area contributed by atoms with Gasteiger partial charge in [0.2, 0.25) is 0 Å². The predicted molar refractivity (Wildman–Crippen MR) is 75.8 cm³/mol. The summed E-state index contributed by atoms with van der Waals surface area (Å²) in [7, 11) is 1.81. The van der Waals surface area contributed by atoms with E-state index in [2.05, 4.69) is 22.4 Å². The Bertz CT molecular complexity index is 517. The molecule has 0 aliphatic rings. The molecule has 1 heterocycles. The average molecular weight is 260 g/mol. The Hall–Kier alpha value is -1.97. The molecule has 102 valence electrons. The molecule has 0 bridgehead atoms. The Morgan fingerprint density at radius 2 is 1.95 bits per heavy atom. The number of nitrogens with one attached hydrogen (secondary N) is 1. The summed E-state index contributed by atoms with van der Waals surface area (Å²) in [5, 5.41) is 2.91. The Balaban J connectivity index is 1.95. The number of aromatic nitrogens is 1. The first-order valence-corrected chi connectivity index (χ1v) is 6.58. The first-order chi connectivity index (χ1) is 9.22. The lowest BCUT2D eigenvalue weighted by atomic mass is 10.1. The molecule has 1 aromatic carbocycles. The minimum absolute atomic E-state index is 0.583. The van der Waals surface area contributed by atoms with Gasteiger partial charge in [0.25, 0.3) is 6.01 Å². The van der Waals surface area contributed by atoms with Crippen LogP contribution < -0.4 is 10.1 Å². The van der Waals surface area contributed by atoms with E-state index >= 15 is 0 Å². The topological polar surface area (TPSA) is 47.3 Å². The van der Waals surface area contributed by atoms with Crippen molar-refractivity contribution >= 4 is 6.01 Å². The van der Waals surface area contributed by atoms with Gasteiger partial charge in [-0.25, -0.2) is 0 Å². The highest BCUT2D eigenvalue weighted by molar-refractivity contribution is 5.29. The lowest BCUT2D eigenvalue weighted by molar-refractivity contribution is 0.340. The van der Waals surface area contributed by atoms with Gasteiger partial charge in [0.1, 0.15) is 11.5 Å². The number of hydrogen-bond donors (Lipinski definition) is 1. The van der Waals surface area contributed by atoms with Crippen molar-refractivity contribution < 1.29 is 9.15 Å². The zero-order chi connectivity index (χ0) is 13.7. The van der Waals surface area contributed by atoms with Crippen molar-refractivity contribution in [2.24, 2.45) is 0 Å². The van der Waals surface area contributed by atoms with E-state index < -0.39 is 0 Å². The van der Waals surface area contributed by atoms with Crippen LogP contribution in [0.25, 0.3) is 0 Å². The Labute approximate surface area is 113 Å². The van der Waals surface area contributed by atoms with Crippen molar-refractivity contribution in [3.63, 3.8) is 0 Å². The van der Waals surface area contributed by atoms with Crippen molar-refractivity contribution in [3.05, 3.63) is 41.3 Å². The van der Waals surface area contributed by atoms with Crippen LogP contribution in [0.2, 0.25) is 0 Å². The molecule has 0 radical (unpaired) electrons. The van der Waals surface area contributed by atoms with Gasteiger partial charge in [-0.2, -0.15) is 4.98 Å². The maximum atomic E-state index is 5.60. The molecule has 19 heavy (non-hydrogen) atoms. The monoisotopic (exact) mass is 260 g/mol. The second-order valence-corrected chi connectivity index (χ2v) is 4.35. The van der Waals surface area contributed by atoms with Crippen LogP contribution in [0.4, 0.5) is 6.01 Å². The van der Waals surface area contributed by atoms with Crippen LogP contribution in [0.3, 0.4) is 0 Å². The number of ether oxygens (including phenoxy) is 1. The summed E-state index contributed by atoms with van der Waals surface area (Å²) in [6, 6.07) is 8.78. The largest absolute Gasteiger partial charge is 0.494 e. The second kappa shape index (κ2) is 6.27. The molecule has 0 amide bonds. The molecule has 2 aromatic rings. The van der Waals surface area contributed by atoms with Gasteiger partial charge in [-0.3, -0.25) is 0 Å². The zero-order valence-corrected chi connectivity index (χ0v) is 11.7. The average Bonchev–Trinajstić information content (AvgIpc) is 2.79. The van der Waals surface area contributed by atoms with Gasteiger partial charge in [-0.1, -0.05) is 12.1 Å². The van der Waals surface area contributed by atoms with Crippen LogP contribution in [0.15, 0.2) is 28.7 Å². The van der Waals surface area contributed by atoms with Gasteiger partial charge < -0.3 is 14.5 Å². The maximum Gasteiger partial charge on any atom is 0.294 e. The quantitative estimate of drug-likeness (QED) is 0.866. The van der Waals surface area contributed by atoms with Crippen molar-refractivity contribution in [2.75, 3.05) is 19.0 Å². The van der Waals surface area contributed by atoms with E-state index in [1.165, 1.54) is 5.56 Å². The molecule has 4 heteroatoms. The van der Waals surface area contributed by atoms with Gasteiger partial charge in [0.05, 0.1) is 12.3 Å². The fourth-order valence-corrected chi connectivity index (χ4v) is 1.94. The summed E-state index contributed by atoms with van der Waals surface area (Å²) in [6.45, 7) is 4.65. The van der Waals surface area contributed by atoms with Crippen LogP contribution in [0.5, 0.6) is 5.75 Å². The first-order valence-electron chi connectivity index (χ1n) is 6.58. The van der Waals surface area contributed by atoms with E-state index in [0.29, 0.717) is 12.6 Å². The summed E-state index contributed by atoms with van der Waals surface area (Å²) in [5.74, 6) is 1.86. The fraction of sp³-hybridized carbons (Fsp3) is 0.400. The molecule has 0 saturated carbocycles. The number of nitrogens with zero attached hydrogens (tertiary/aromatic N) is 1. The molecule has 0 aliphatic carbocycles. The Morgan fingerprint density at radius 1 is 1.21 bits per heavy atom. The summed E-state index contributed by atoms with van der Waals surface area (Å²) in [5.41, 5.74) is 2.22. The molecule has 4 nitrogen and oxygen atoms in total. The third-order valence-electron chi connectivity index (χ3n) is 2.98. The third kappa shape index (κ3) is 3.50. The van der Waals surface area contributed by atoms with E-state index in [4.69, 9.17) is 9.15 Å². The number of anilines is 1. The highest BCUT2D eigenvalue weighted by Gasteiger charge is 2.08. The number of aryl methyl sites for hydroxylation is 3. The first kappa shape index (κ1) is 13.5. The number of hydrogen-bond acceptors (Lipinski definition) is 4. The SMILES string of the molecule is CCOc1ccc(CCc2oc(NC)nc2C)cc1. The molecule has 0 spiro atoms. The molecule has 1 N–H and O–H groups in total. The molecule has 0 atom stereocenters. The van der Waals surface area contributed by atoms with E-state index in [1.54, 1.807) is 0 Å². The number of rotatable bonds is 6. The van der Waals surface area contributed by atoms with Crippen LogP contribution >= 0.6 is 0 Å². The third-order valence-corrected chi connectivity index (χ3v) is 2.98. The Kier molecular flexibility index (Phi) is 4.44. The highest BCUT2D eigenvalue weighted by atomic mass is 16.5. The molecule has 1 aromatic heterocycles. The lowest BCUT2D eigenvalue weighted by Crippen LogP contribution is -1.94. The van der Waals surface area contributed by atoms with Crippen molar-refractivity contribution in [2.45, 2.75) is 26.7 Å². The normalized spacial score (nSPS) is 10.5. The van der Waals surface area contributed by atoms with Gasteiger partial charge in [0.15, 0.2) is 0 Å². The molecular weight excluding hydrogens is 240 g/mol. The predicted octanol–water partition coefficient (Wildman–Crippen LogP) is 3.21. The molecule has 0 unspecified atom stereocenters.